The third kappa shape index (κ3) is 3.71. The van der Waals surface area contributed by atoms with Crippen LogP contribution in [0.25, 0.3) is 0 Å². The van der Waals surface area contributed by atoms with Crippen LogP contribution in [-0.2, 0) is 4.74 Å². The number of nitrogens with zero attached hydrogens (tertiary/aromatic N) is 1. The van der Waals surface area contributed by atoms with Crippen LogP contribution >= 0.6 is 0 Å². The van der Waals surface area contributed by atoms with Gasteiger partial charge in [0.2, 0.25) is 0 Å². The van der Waals surface area contributed by atoms with E-state index < -0.39 is 6.09 Å². The van der Waals surface area contributed by atoms with Crippen LogP contribution in [0, 0.1) is 5.92 Å². The molecular formula is C14H17NO4. The first kappa shape index (κ1) is 13.4. The minimum atomic E-state index is -0.875. The standard InChI is InChI=1S/C14H17NO4/c16-13(12-4-2-1-3-5-12)19-10-11-6-8-15(9-7-11)14(17)18/h1-5,11H,6-10H2,(H,17,18). The number of benzene rings is 1. The number of rotatable bonds is 3. The van der Waals surface area contributed by atoms with Crippen molar-refractivity contribution in [3.05, 3.63) is 35.9 Å². The van der Waals surface area contributed by atoms with E-state index in [0.717, 1.165) is 12.8 Å². The van der Waals surface area contributed by atoms with Gasteiger partial charge in [0.1, 0.15) is 0 Å². The van der Waals surface area contributed by atoms with Gasteiger partial charge in [-0.15, -0.1) is 0 Å². The van der Waals surface area contributed by atoms with E-state index in [0.29, 0.717) is 25.3 Å². The van der Waals surface area contributed by atoms with Crippen LogP contribution in [0.1, 0.15) is 23.2 Å². The molecule has 0 aromatic heterocycles. The summed E-state index contributed by atoms with van der Waals surface area (Å²) in [4.78, 5) is 23.9. The largest absolute Gasteiger partial charge is 0.465 e. The van der Waals surface area contributed by atoms with Crippen molar-refractivity contribution >= 4 is 12.1 Å². The van der Waals surface area contributed by atoms with E-state index in [-0.39, 0.29) is 11.9 Å². The Balaban J connectivity index is 1.75. The Kier molecular flexibility index (Phi) is 4.39. The van der Waals surface area contributed by atoms with Crippen LogP contribution in [-0.4, -0.2) is 41.8 Å². The molecule has 0 radical (unpaired) electrons. The average Bonchev–Trinajstić information content (AvgIpc) is 2.46. The van der Waals surface area contributed by atoms with Crippen LogP contribution in [0.2, 0.25) is 0 Å². The average molecular weight is 263 g/mol. The second kappa shape index (κ2) is 6.22. The van der Waals surface area contributed by atoms with Gasteiger partial charge in [0, 0.05) is 13.1 Å². The zero-order valence-corrected chi connectivity index (χ0v) is 10.6. The Morgan fingerprint density at radius 1 is 1.21 bits per heavy atom. The van der Waals surface area contributed by atoms with Crippen molar-refractivity contribution in [2.75, 3.05) is 19.7 Å². The van der Waals surface area contributed by atoms with Gasteiger partial charge in [-0.3, -0.25) is 0 Å². The fraction of sp³-hybridized carbons (Fsp3) is 0.429. The number of hydrogen-bond donors (Lipinski definition) is 1. The molecule has 1 aliphatic heterocycles. The van der Waals surface area contributed by atoms with Gasteiger partial charge >= 0.3 is 12.1 Å². The highest BCUT2D eigenvalue weighted by molar-refractivity contribution is 5.89. The van der Waals surface area contributed by atoms with Gasteiger partial charge in [0.15, 0.2) is 0 Å². The van der Waals surface area contributed by atoms with E-state index in [1.165, 1.54) is 4.90 Å². The number of ether oxygens (including phenoxy) is 1. The maximum absolute atomic E-state index is 11.7. The summed E-state index contributed by atoms with van der Waals surface area (Å²) in [6, 6.07) is 8.87. The number of piperidine rings is 1. The van der Waals surface area contributed by atoms with Gasteiger partial charge in [-0.1, -0.05) is 18.2 Å². The third-order valence-electron chi connectivity index (χ3n) is 3.34. The Hall–Kier alpha value is -2.04. The van der Waals surface area contributed by atoms with E-state index in [1.54, 1.807) is 24.3 Å². The minimum absolute atomic E-state index is 0.253. The summed E-state index contributed by atoms with van der Waals surface area (Å²) >= 11 is 0. The lowest BCUT2D eigenvalue weighted by Crippen LogP contribution is -2.38. The van der Waals surface area contributed by atoms with Crippen LogP contribution < -0.4 is 0 Å². The molecule has 19 heavy (non-hydrogen) atoms. The number of carbonyl (C=O) groups excluding carboxylic acids is 1. The molecule has 0 aliphatic carbocycles. The predicted molar refractivity (Wildman–Crippen MR) is 69.0 cm³/mol. The van der Waals surface area contributed by atoms with Crippen molar-refractivity contribution in [1.82, 2.24) is 4.90 Å². The van der Waals surface area contributed by atoms with Crippen LogP contribution in [0.15, 0.2) is 30.3 Å². The van der Waals surface area contributed by atoms with E-state index >= 15 is 0 Å². The smallest absolute Gasteiger partial charge is 0.407 e. The maximum atomic E-state index is 11.7. The highest BCUT2D eigenvalue weighted by Crippen LogP contribution is 2.18. The molecule has 2 rings (SSSR count). The zero-order chi connectivity index (χ0) is 13.7. The van der Waals surface area contributed by atoms with E-state index in [9.17, 15) is 9.59 Å². The zero-order valence-electron chi connectivity index (χ0n) is 10.6. The molecule has 0 unspecified atom stereocenters. The molecule has 1 fully saturated rings. The van der Waals surface area contributed by atoms with E-state index in [2.05, 4.69) is 0 Å². The second-order valence-corrected chi connectivity index (χ2v) is 4.68. The fourth-order valence-corrected chi connectivity index (χ4v) is 2.14. The lowest BCUT2D eigenvalue weighted by Gasteiger charge is -2.29. The van der Waals surface area contributed by atoms with E-state index in [4.69, 9.17) is 9.84 Å². The van der Waals surface area contributed by atoms with Crippen molar-refractivity contribution < 1.29 is 19.4 Å². The second-order valence-electron chi connectivity index (χ2n) is 4.68. The van der Waals surface area contributed by atoms with Crippen molar-refractivity contribution in [3.8, 4) is 0 Å². The summed E-state index contributed by atoms with van der Waals surface area (Å²) < 4.78 is 5.26. The molecule has 0 atom stereocenters. The van der Waals surface area contributed by atoms with Crippen LogP contribution in [0.4, 0.5) is 4.79 Å². The van der Waals surface area contributed by atoms with Gasteiger partial charge in [0.05, 0.1) is 12.2 Å². The molecule has 102 valence electrons. The van der Waals surface area contributed by atoms with Gasteiger partial charge < -0.3 is 14.7 Å². The molecule has 1 amide bonds. The number of carboxylic acid groups (broad SMARTS) is 1. The minimum Gasteiger partial charge on any atom is -0.465 e. The molecule has 0 spiro atoms. The van der Waals surface area contributed by atoms with Crippen molar-refractivity contribution in [1.29, 1.82) is 0 Å². The lowest BCUT2D eigenvalue weighted by atomic mass is 9.98. The Morgan fingerprint density at radius 3 is 2.42 bits per heavy atom. The molecule has 1 aromatic carbocycles. The van der Waals surface area contributed by atoms with Crippen LogP contribution in [0.3, 0.4) is 0 Å². The topological polar surface area (TPSA) is 66.8 Å². The fourth-order valence-electron chi connectivity index (χ4n) is 2.14. The van der Waals surface area contributed by atoms with Gasteiger partial charge in [-0.25, -0.2) is 9.59 Å². The molecule has 0 saturated carbocycles. The molecule has 5 heteroatoms. The van der Waals surface area contributed by atoms with Gasteiger partial charge in [-0.05, 0) is 30.9 Å². The number of carbonyl (C=O) groups is 2. The predicted octanol–water partition coefficient (Wildman–Crippen LogP) is 2.23. The third-order valence-corrected chi connectivity index (χ3v) is 3.34. The Labute approximate surface area is 111 Å². The molecule has 0 bridgehead atoms. The summed E-state index contributed by atoms with van der Waals surface area (Å²) in [6.45, 7) is 1.40. The first-order valence-corrected chi connectivity index (χ1v) is 6.37. The number of esters is 1. The molecule has 1 saturated heterocycles. The lowest BCUT2D eigenvalue weighted by molar-refractivity contribution is 0.0371. The Morgan fingerprint density at radius 2 is 1.84 bits per heavy atom. The molecule has 1 aliphatic rings. The normalized spacial score (nSPS) is 16.1. The molecule has 1 aromatic rings. The van der Waals surface area contributed by atoms with Crippen molar-refractivity contribution in [2.24, 2.45) is 5.92 Å². The molecule has 1 N–H and O–H groups in total. The molecule has 5 nitrogen and oxygen atoms in total. The van der Waals surface area contributed by atoms with Gasteiger partial charge in [-0.2, -0.15) is 0 Å². The summed E-state index contributed by atoms with van der Waals surface area (Å²) in [5, 5.41) is 8.83. The first-order valence-electron chi connectivity index (χ1n) is 6.37. The first-order chi connectivity index (χ1) is 9.16. The van der Waals surface area contributed by atoms with Crippen LogP contribution in [0.5, 0.6) is 0 Å². The number of likely N-dealkylation sites (tertiary alicyclic amines) is 1. The summed E-state index contributed by atoms with van der Waals surface area (Å²) in [5.41, 5.74) is 0.547. The Bertz CT molecular complexity index is 438. The van der Waals surface area contributed by atoms with E-state index in [1.807, 2.05) is 6.07 Å². The maximum Gasteiger partial charge on any atom is 0.407 e. The monoisotopic (exact) mass is 263 g/mol. The molecule has 1 heterocycles. The number of hydrogen-bond acceptors (Lipinski definition) is 3. The number of amides is 1. The highest BCUT2D eigenvalue weighted by atomic mass is 16.5. The quantitative estimate of drug-likeness (QED) is 0.849. The molecular weight excluding hydrogens is 246 g/mol. The summed E-state index contributed by atoms with van der Waals surface area (Å²) in [6.07, 6.45) is 0.614. The summed E-state index contributed by atoms with van der Waals surface area (Å²) in [7, 11) is 0. The SMILES string of the molecule is O=C(OCC1CCN(C(=O)O)CC1)c1ccccc1. The highest BCUT2D eigenvalue weighted by Gasteiger charge is 2.23. The van der Waals surface area contributed by atoms with Crippen molar-refractivity contribution in [2.45, 2.75) is 12.8 Å². The van der Waals surface area contributed by atoms with Gasteiger partial charge in [0.25, 0.3) is 0 Å². The van der Waals surface area contributed by atoms with Crippen molar-refractivity contribution in [3.63, 3.8) is 0 Å². The summed E-state index contributed by atoms with van der Waals surface area (Å²) in [5.74, 6) is -0.0653.